The number of likely N-dealkylation sites (tertiary alicyclic amines) is 1. The van der Waals surface area contributed by atoms with Crippen molar-refractivity contribution in [1.29, 1.82) is 0 Å². The van der Waals surface area contributed by atoms with Crippen molar-refractivity contribution in [3.63, 3.8) is 0 Å². The van der Waals surface area contributed by atoms with E-state index in [-0.39, 0.29) is 0 Å². The molecule has 0 amide bonds. The normalized spacial score (nSPS) is 26.5. The lowest BCUT2D eigenvalue weighted by molar-refractivity contribution is 0.325. The lowest BCUT2D eigenvalue weighted by Crippen LogP contribution is -2.33. The first-order valence-corrected chi connectivity index (χ1v) is 7.01. The molecule has 0 aliphatic carbocycles. The Balaban J connectivity index is 2.04. The zero-order valence-corrected chi connectivity index (χ0v) is 12.3. The van der Waals surface area contributed by atoms with E-state index in [1.807, 2.05) is 0 Å². The van der Waals surface area contributed by atoms with E-state index >= 15 is 0 Å². The molecule has 0 radical (unpaired) electrons. The zero-order chi connectivity index (χ0) is 13.3. The SMILES string of the molecule is Cc1ccc(C)c(C(C)NC2CC(C)N(C)C2)c1. The Labute approximate surface area is 111 Å². The number of hydrogen-bond donors (Lipinski definition) is 1. The fraction of sp³-hybridized carbons (Fsp3) is 0.625. The van der Waals surface area contributed by atoms with Crippen LogP contribution in [0, 0.1) is 13.8 Å². The summed E-state index contributed by atoms with van der Waals surface area (Å²) in [5.41, 5.74) is 4.18. The molecule has 3 atom stereocenters. The summed E-state index contributed by atoms with van der Waals surface area (Å²) < 4.78 is 0. The lowest BCUT2D eigenvalue weighted by atomic mass is 9.99. The van der Waals surface area contributed by atoms with Crippen LogP contribution in [-0.2, 0) is 0 Å². The highest BCUT2D eigenvalue weighted by atomic mass is 15.2. The largest absolute Gasteiger partial charge is 0.306 e. The van der Waals surface area contributed by atoms with Gasteiger partial charge >= 0.3 is 0 Å². The molecule has 18 heavy (non-hydrogen) atoms. The smallest absolute Gasteiger partial charge is 0.0297 e. The van der Waals surface area contributed by atoms with Crippen LogP contribution in [0.2, 0.25) is 0 Å². The third-order valence-corrected chi connectivity index (χ3v) is 4.27. The van der Waals surface area contributed by atoms with Crippen LogP contribution in [0.3, 0.4) is 0 Å². The van der Waals surface area contributed by atoms with E-state index in [1.54, 1.807) is 0 Å². The average Bonchev–Trinajstić information content (AvgIpc) is 2.61. The third kappa shape index (κ3) is 2.93. The molecule has 1 aliphatic rings. The van der Waals surface area contributed by atoms with Gasteiger partial charge in [0, 0.05) is 24.7 Å². The fourth-order valence-corrected chi connectivity index (χ4v) is 2.98. The maximum absolute atomic E-state index is 3.78. The number of hydrogen-bond acceptors (Lipinski definition) is 2. The number of aryl methyl sites for hydroxylation is 2. The number of benzene rings is 1. The maximum Gasteiger partial charge on any atom is 0.0297 e. The number of nitrogens with one attached hydrogen (secondary N) is 1. The molecule has 1 heterocycles. The van der Waals surface area contributed by atoms with E-state index in [2.05, 4.69) is 63.2 Å². The van der Waals surface area contributed by atoms with Crippen molar-refractivity contribution in [2.75, 3.05) is 13.6 Å². The molecule has 3 unspecified atom stereocenters. The Morgan fingerprint density at radius 1 is 1.33 bits per heavy atom. The summed E-state index contributed by atoms with van der Waals surface area (Å²) in [5.74, 6) is 0. The minimum Gasteiger partial charge on any atom is -0.306 e. The first-order chi connectivity index (χ1) is 8.47. The Bertz CT molecular complexity index is 404. The van der Waals surface area contributed by atoms with Crippen molar-refractivity contribution in [2.24, 2.45) is 0 Å². The summed E-state index contributed by atoms with van der Waals surface area (Å²) in [7, 11) is 2.22. The van der Waals surface area contributed by atoms with Crippen molar-refractivity contribution in [3.05, 3.63) is 34.9 Å². The molecule has 1 aromatic carbocycles. The summed E-state index contributed by atoms with van der Waals surface area (Å²) in [6.45, 7) is 10.1. The van der Waals surface area contributed by atoms with Gasteiger partial charge in [-0.05, 0) is 52.3 Å². The minimum absolute atomic E-state index is 0.439. The molecule has 1 fully saturated rings. The summed E-state index contributed by atoms with van der Waals surface area (Å²) >= 11 is 0. The third-order valence-electron chi connectivity index (χ3n) is 4.27. The van der Waals surface area contributed by atoms with Crippen LogP contribution in [0.5, 0.6) is 0 Å². The minimum atomic E-state index is 0.439. The highest BCUT2D eigenvalue weighted by Gasteiger charge is 2.27. The van der Waals surface area contributed by atoms with Gasteiger partial charge in [-0.1, -0.05) is 23.8 Å². The molecule has 0 saturated carbocycles. The summed E-state index contributed by atoms with van der Waals surface area (Å²) in [6.07, 6.45) is 1.26. The van der Waals surface area contributed by atoms with Crippen molar-refractivity contribution >= 4 is 0 Å². The van der Waals surface area contributed by atoms with Gasteiger partial charge in [0.1, 0.15) is 0 Å². The van der Waals surface area contributed by atoms with Gasteiger partial charge in [0.2, 0.25) is 0 Å². The van der Waals surface area contributed by atoms with Crippen molar-refractivity contribution in [3.8, 4) is 0 Å². The standard InChI is InChI=1S/C16H26N2/c1-11-6-7-12(2)16(8-11)14(4)17-15-9-13(3)18(5)10-15/h6-8,13-15,17H,9-10H2,1-5H3. The highest BCUT2D eigenvalue weighted by Crippen LogP contribution is 2.22. The maximum atomic E-state index is 3.78. The zero-order valence-electron chi connectivity index (χ0n) is 12.3. The molecule has 2 nitrogen and oxygen atoms in total. The molecule has 1 N–H and O–H groups in total. The van der Waals surface area contributed by atoms with Crippen LogP contribution >= 0.6 is 0 Å². The van der Waals surface area contributed by atoms with Gasteiger partial charge in [0.05, 0.1) is 0 Å². The second kappa shape index (κ2) is 5.41. The molecule has 1 aliphatic heterocycles. The van der Waals surface area contributed by atoms with Gasteiger partial charge in [-0.3, -0.25) is 0 Å². The van der Waals surface area contributed by atoms with E-state index in [1.165, 1.54) is 23.1 Å². The van der Waals surface area contributed by atoms with E-state index in [0.29, 0.717) is 18.1 Å². The predicted molar refractivity (Wildman–Crippen MR) is 78.0 cm³/mol. The van der Waals surface area contributed by atoms with Gasteiger partial charge in [-0.15, -0.1) is 0 Å². The van der Waals surface area contributed by atoms with Gasteiger partial charge in [-0.25, -0.2) is 0 Å². The van der Waals surface area contributed by atoms with Crippen LogP contribution < -0.4 is 5.32 Å². The fourth-order valence-electron chi connectivity index (χ4n) is 2.98. The second-order valence-electron chi connectivity index (χ2n) is 5.97. The van der Waals surface area contributed by atoms with Gasteiger partial charge < -0.3 is 10.2 Å². The van der Waals surface area contributed by atoms with E-state index in [0.717, 1.165) is 6.54 Å². The topological polar surface area (TPSA) is 15.3 Å². The molecular formula is C16H26N2. The van der Waals surface area contributed by atoms with Crippen LogP contribution in [0.4, 0.5) is 0 Å². The first kappa shape index (κ1) is 13.6. The first-order valence-electron chi connectivity index (χ1n) is 7.01. The van der Waals surface area contributed by atoms with Crippen LogP contribution in [0.25, 0.3) is 0 Å². The molecule has 2 heteroatoms. The molecular weight excluding hydrogens is 220 g/mol. The molecule has 1 aromatic rings. The summed E-state index contributed by atoms with van der Waals surface area (Å²) in [6, 6.07) is 8.50. The molecule has 2 rings (SSSR count). The van der Waals surface area contributed by atoms with E-state index in [4.69, 9.17) is 0 Å². The number of rotatable bonds is 3. The van der Waals surface area contributed by atoms with Gasteiger partial charge in [-0.2, -0.15) is 0 Å². The Morgan fingerprint density at radius 2 is 2.06 bits per heavy atom. The van der Waals surface area contributed by atoms with E-state index < -0.39 is 0 Å². The lowest BCUT2D eigenvalue weighted by Gasteiger charge is -2.21. The van der Waals surface area contributed by atoms with Crippen molar-refractivity contribution in [1.82, 2.24) is 10.2 Å². The predicted octanol–water partition coefficient (Wildman–Crippen LogP) is 3.05. The Kier molecular flexibility index (Phi) is 4.08. The number of likely N-dealkylation sites (N-methyl/N-ethyl adjacent to an activating group) is 1. The van der Waals surface area contributed by atoms with Crippen LogP contribution in [0.1, 0.15) is 43.0 Å². The average molecular weight is 246 g/mol. The Hall–Kier alpha value is -0.860. The number of nitrogens with zero attached hydrogens (tertiary/aromatic N) is 1. The van der Waals surface area contributed by atoms with Crippen molar-refractivity contribution < 1.29 is 0 Å². The Morgan fingerprint density at radius 3 is 2.67 bits per heavy atom. The highest BCUT2D eigenvalue weighted by molar-refractivity contribution is 5.32. The quantitative estimate of drug-likeness (QED) is 0.882. The molecule has 1 saturated heterocycles. The molecule has 0 spiro atoms. The molecule has 0 bridgehead atoms. The van der Waals surface area contributed by atoms with E-state index in [9.17, 15) is 0 Å². The summed E-state index contributed by atoms with van der Waals surface area (Å²) in [5, 5.41) is 3.78. The molecule has 100 valence electrons. The van der Waals surface area contributed by atoms with Crippen LogP contribution in [0.15, 0.2) is 18.2 Å². The summed E-state index contributed by atoms with van der Waals surface area (Å²) in [4.78, 5) is 2.44. The van der Waals surface area contributed by atoms with Gasteiger partial charge in [0.25, 0.3) is 0 Å². The van der Waals surface area contributed by atoms with Crippen LogP contribution in [-0.4, -0.2) is 30.6 Å². The van der Waals surface area contributed by atoms with Gasteiger partial charge in [0.15, 0.2) is 0 Å². The molecule has 0 aromatic heterocycles. The second-order valence-corrected chi connectivity index (χ2v) is 5.97. The monoisotopic (exact) mass is 246 g/mol. The van der Waals surface area contributed by atoms with Crippen molar-refractivity contribution in [2.45, 2.75) is 52.2 Å².